The number of urea groups is 1. The number of nitrogens with zero attached hydrogens (tertiary/aromatic N) is 3. The van der Waals surface area contributed by atoms with Gasteiger partial charge in [0.05, 0.1) is 29.0 Å². The summed E-state index contributed by atoms with van der Waals surface area (Å²) in [6.45, 7) is 2.04. The number of carbonyl (C=O) groups is 1. The summed E-state index contributed by atoms with van der Waals surface area (Å²) in [4.78, 5) is 16.5. The fraction of sp³-hybridized carbons (Fsp3) is 0.533. The van der Waals surface area contributed by atoms with Crippen molar-refractivity contribution >= 4 is 17.4 Å². The van der Waals surface area contributed by atoms with Crippen LogP contribution in [0.1, 0.15) is 54.1 Å². The molecular formula is C15H21N5O2S. The number of hydrogen-bond donors (Lipinski definition) is 3. The molecule has 0 aliphatic heterocycles. The molecule has 7 nitrogen and oxygen atoms in total. The quantitative estimate of drug-likeness (QED) is 0.751. The van der Waals surface area contributed by atoms with Gasteiger partial charge in [0.25, 0.3) is 0 Å². The number of amides is 2. The number of aliphatic hydroxyl groups excluding tert-OH is 1. The molecule has 23 heavy (non-hydrogen) atoms. The number of nitrogens with one attached hydrogen (secondary N) is 2. The summed E-state index contributed by atoms with van der Waals surface area (Å²) in [6, 6.07) is -0.476. The van der Waals surface area contributed by atoms with Gasteiger partial charge in [-0.25, -0.2) is 9.78 Å². The minimum Gasteiger partial charge on any atom is -0.386 e. The zero-order valence-corrected chi connectivity index (χ0v) is 14.0. The van der Waals surface area contributed by atoms with Crippen LogP contribution in [0.25, 0.3) is 0 Å². The van der Waals surface area contributed by atoms with Crippen LogP contribution in [0, 0.1) is 0 Å². The standard InChI is InChI=1S/C15H21N5O2S/c1-9(12-8-23-14(19-12)10-3-4-10)18-15(22)16-6-13(21)11-5-17-20(2)7-11/h5,7-10,13,21H,3-4,6H2,1-2H3,(H2,16,18,22). The van der Waals surface area contributed by atoms with Crippen LogP contribution in [-0.4, -0.2) is 32.4 Å². The van der Waals surface area contributed by atoms with E-state index in [1.807, 2.05) is 12.3 Å². The molecule has 2 aromatic rings. The first kappa shape index (κ1) is 15.9. The Hall–Kier alpha value is -1.93. The molecule has 2 aromatic heterocycles. The van der Waals surface area contributed by atoms with Crippen LogP contribution in [0.15, 0.2) is 17.8 Å². The molecule has 0 bridgehead atoms. The van der Waals surface area contributed by atoms with Crippen molar-refractivity contribution in [3.8, 4) is 0 Å². The van der Waals surface area contributed by atoms with Crippen molar-refractivity contribution in [3.05, 3.63) is 34.0 Å². The van der Waals surface area contributed by atoms with E-state index in [0.717, 1.165) is 5.69 Å². The zero-order chi connectivity index (χ0) is 16.4. The Morgan fingerprint density at radius 1 is 1.57 bits per heavy atom. The minimum atomic E-state index is -0.773. The average molecular weight is 335 g/mol. The number of aromatic nitrogens is 3. The van der Waals surface area contributed by atoms with Crippen LogP contribution in [0.3, 0.4) is 0 Å². The Morgan fingerprint density at radius 3 is 3.00 bits per heavy atom. The summed E-state index contributed by atoms with van der Waals surface area (Å²) in [6.07, 6.45) is 4.98. The summed E-state index contributed by atoms with van der Waals surface area (Å²) < 4.78 is 1.61. The largest absolute Gasteiger partial charge is 0.386 e. The number of aryl methyl sites for hydroxylation is 1. The maximum atomic E-state index is 11.9. The molecule has 124 valence electrons. The maximum Gasteiger partial charge on any atom is 0.315 e. The molecule has 2 heterocycles. The van der Waals surface area contributed by atoms with Gasteiger partial charge in [0, 0.05) is 36.7 Å². The van der Waals surface area contributed by atoms with Crippen molar-refractivity contribution < 1.29 is 9.90 Å². The minimum absolute atomic E-state index is 0.134. The Morgan fingerprint density at radius 2 is 2.35 bits per heavy atom. The van der Waals surface area contributed by atoms with Crippen LogP contribution < -0.4 is 10.6 Å². The van der Waals surface area contributed by atoms with Crippen LogP contribution in [-0.2, 0) is 7.05 Å². The molecular weight excluding hydrogens is 314 g/mol. The Labute approximate surface area is 138 Å². The van der Waals surface area contributed by atoms with Gasteiger partial charge >= 0.3 is 6.03 Å². The number of carbonyl (C=O) groups excluding carboxylic acids is 1. The van der Waals surface area contributed by atoms with Crippen LogP contribution >= 0.6 is 11.3 Å². The lowest BCUT2D eigenvalue weighted by Gasteiger charge is -2.14. The first-order chi connectivity index (χ1) is 11.0. The summed E-state index contributed by atoms with van der Waals surface area (Å²) in [7, 11) is 1.78. The first-order valence-corrected chi connectivity index (χ1v) is 8.57. The van der Waals surface area contributed by atoms with Crippen LogP contribution in [0.5, 0.6) is 0 Å². The summed E-state index contributed by atoms with van der Waals surface area (Å²) in [5.74, 6) is 0.629. The summed E-state index contributed by atoms with van der Waals surface area (Å²) in [5.41, 5.74) is 1.56. The lowest BCUT2D eigenvalue weighted by Crippen LogP contribution is -2.39. The van der Waals surface area contributed by atoms with Gasteiger partial charge < -0.3 is 15.7 Å². The summed E-state index contributed by atoms with van der Waals surface area (Å²) >= 11 is 1.66. The monoisotopic (exact) mass is 335 g/mol. The van der Waals surface area contributed by atoms with E-state index in [9.17, 15) is 9.90 Å². The maximum absolute atomic E-state index is 11.9. The second-order valence-corrected chi connectivity index (χ2v) is 6.81. The van der Waals surface area contributed by atoms with E-state index in [0.29, 0.717) is 11.5 Å². The lowest BCUT2D eigenvalue weighted by atomic mass is 10.2. The third-order valence-corrected chi connectivity index (χ3v) is 4.85. The average Bonchev–Trinajstić information content (AvgIpc) is 3.08. The SMILES string of the molecule is CC(NC(=O)NCC(O)c1cnn(C)c1)c1csc(C2CC2)n1. The molecule has 1 fully saturated rings. The molecule has 2 amide bonds. The zero-order valence-electron chi connectivity index (χ0n) is 13.2. The molecule has 2 atom stereocenters. The van der Waals surface area contributed by atoms with E-state index < -0.39 is 6.10 Å². The third-order valence-electron chi connectivity index (χ3n) is 3.82. The molecule has 2 unspecified atom stereocenters. The van der Waals surface area contributed by atoms with Gasteiger partial charge in [-0.1, -0.05) is 0 Å². The van der Waals surface area contributed by atoms with Gasteiger partial charge in [-0.3, -0.25) is 4.68 Å². The van der Waals surface area contributed by atoms with Gasteiger partial charge in [-0.05, 0) is 19.8 Å². The van der Waals surface area contributed by atoms with Gasteiger partial charge in [-0.15, -0.1) is 11.3 Å². The highest BCUT2D eigenvalue weighted by molar-refractivity contribution is 7.09. The smallest absolute Gasteiger partial charge is 0.315 e. The molecule has 3 rings (SSSR count). The Bertz CT molecular complexity index is 679. The van der Waals surface area contributed by atoms with Gasteiger partial charge in [-0.2, -0.15) is 5.10 Å². The highest BCUT2D eigenvalue weighted by Gasteiger charge is 2.27. The second kappa shape index (κ2) is 6.67. The molecule has 3 N–H and O–H groups in total. The first-order valence-electron chi connectivity index (χ1n) is 7.69. The lowest BCUT2D eigenvalue weighted by molar-refractivity contribution is 0.172. The van der Waals surface area contributed by atoms with Crippen molar-refractivity contribution in [1.82, 2.24) is 25.4 Å². The highest BCUT2D eigenvalue weighted by Crippen LogP contribution is 2.41. The topological polar surface area (TPSA) is 92.1 Å². The molecule has 0 radical (unpaired) electrons. The van der Waals surface area contributed by atoms with Crippen molar-refractivity contribution in [2.45, 2.75) is 37.8 Å². The van der Waals surface area contributed by atoms with Gasteiger partial charge in [0.15, 0.2) is 0 Å². The summed E-state index contributed by atoms with van der Waals surface area (Å²) in [5, 5.41) is 22.7. The normalized spacial score (nSPS) is 16.8. The number of thiazole rings is 1. The van der Waals surface area contributed by atoms with Crippen molar-refractivity contribution in [2.24, 2.45) is 7.05 Å². The van der Waals surface area contributed by atoms with Gasteiger partial charge in [0.2, 0.25) is 0 Å². The van der Waals surface area contributed by atoms with E-state index in [-0.39, 0.29) is 18.6 Å². The molecule has 0 saturated heterocycles. The highest BCUT2D eigenvalue weighted by atomic mass is 32.1. The second-order valence-electron chi connectivity index (χ2n) is 5.92. The molecule has 1 aliphatic rings. The van der Waals surface area contributed by atoms with Crippen molar-refractivity contribution in [3.63, 3.8) is 0 Å². The van der Waals surface area contributed by atoms with E-state index >= 15 is 0 Å². The van der Waals surface area contributed by atoms with E-state index in [1.54, 1.807) is 35.5 Å². The van der Waals surface area contributed by atoms with Crippen LogP contribution in [0.2, 0.25) is 0 Å². The van der Waals surface area contributed by atoms with Crippen molar-refractivity contribution in [2.75, 3.05) is 6.54 Å². The fourth-order valence-corrected chi connectivity index (χ4v) is 3.34. The third kappa shape index (κ3) is 4.08. The molecule has 1 aliphatic carbocycles. The van der Waals surface area contributed by atoms with Crippen LogP contribution in [0.4, 0.5) is 4.79 Å². The van der Waals surface area contributed by atoms with Crippen molar-refractivity contribution in [1.29, 1.82) is 0 Å². The molecule has 1 saturated carbocycles. The Kier molecular flexibility index (Phi) is 4.63. The number of aliphatic hydroxyl groups is 1. The predicted octanol–water partition coefficient (Wildman–Crippen LogP) is 1.85. The number of rotatable bonds is 6. The number of hydrogen-bond acceptors (Lipinski definition) is 5. The predicted molar refractivity (Wildman–Crippen MR) is 87.2 cm³/mol. The van der Waals surface area contributed by atoms with Gasteiger partial charge in [0.1, 0.15) is 0 Å². The fourth-order valence-electron chi connectivity index (χ4n) is 2.26. The molecule has 0 spiro atoms. The van der Waals surface area contributed by atoms with E-state index in [4.69, 9.17) is 0 Å². The van der Waals surface area contributed by atoms with E-state index in [2.05, 4.69) is 20.7 Å². The Balaban J connectivity index is 1.46. The van der Waals surface area contributed by atoms with E-state index in [1.165, 1.54) is 17.8 Å². The molecule has 0 aromatic carbocycles. The molecule has 8 heteroatoms.